The van der Waals surface area contributed by atoms with E-state index in [1.807, 2.05) is 0 Å². The average molecular weight is 329 g/mol. The third-order valence-electron chi connectivity index (χ3n) is 4.08. The van der Waals surface area contributed by atoms with Gasteiger partial charge in [0.05, 0.1) is 5.41 Å². The largest absolute Gasteiger partial charge is 0.481 e. The fourth-order valence-electron chi connectivity index (χ4n) is 2.96. The number of aliphatic carboxylic acids is 1. The highest BCUT2D eigenvalue weighted by Gasteiger charge is 2.43. The number of hydrogen-bond acceptors (Lipinski definition) is 4. The van der Waals surface area contributed by atoms with Crippen LogP contribution >= 0.6 is 35.3 Å². The Hall–Kier alpha value is -0.260. The molecule has 110 valence electrons. The summed E-state index contributed by atoms with van der Waals surface area (Å²) >= 11 is 5.15. The van der Waals surface area contributed by atoms with Crippen molar-refractivity contribution in [1.82, 2.24) is 0 Å². The lowest BCUT2D eigenvalue weighted by atomic mass is 9.79. The van der Waals surface area contributed by atoms with Gasteiger partial charge in [0, 0.05) is 14.7 Å². The van der Waals surface area contributed by atoms with Crippen molar-refractivity contribution in [1.29, 1.82) is 0 Å². The van der Waals surface area contributed by atoms with Crippen LogP contribution in [0.15, 0.2) is 26.8 Å². The molecule has 1 aromatic rings. The van der Waals surface area contributed by atoms with E-state index < -0.39 is 11.4 Å². The molecule has 0 unspecified atom stereocenters. The van der Waals surface area contributed by atoms with Gasteiger partial charge in [0.15, 0.2) is 0 Å². The Balaban J connectivity index is 2.59. The molecule has 0 radical (unpaired) electrons. The molecule has 1 N–H and O–H groups in total. The summed E-state index contributed by atoms with van der Waals surface area (Å²) in [5.74, 6) is -0.661. The van der Waals surface area contributed by atoms with E-state index in [4.69, 9.17) is 0 Å². The van der Waals surface area contributed by atoms with Gasteiger partial charge in [-0.05, 0) is 49.3 Å². The van der Waals surface area contributed by atoms with Crippen LogP contribution in [0.5, 0.6) is 0 Å². The molecule has 1 aliphatic rings. The lowest BCUT2D eigenvalue weighted by Gasteiger charge is -2.26. The van der Waals surface area contributed by atoms with Crippen molar-refractivity contribution in [3.8, 4) is 0 Å². The zero-order valence-corrected chi connectivity index (χ0v) is 14.5. The smallest absolute Gasteiger partial charge is 0.314 e. The Kier molecular flexibility index (Phi) is 5.37. The molecular formula is C15H20O2S3. The Morgan fingerprint density at radius 1 is 1.05 bits per heavy atom. The predicted octanol–water partition coefficient (Wildman–Crippen LogP) is 4.75. The molecule has 0 amide bonds. The highest BCUT2D eigenvalue weighted by Crippen LogP contribution is 2.46. The zero-order chi connectivity index (χ0) is 14.8. The van der Waals surface area contributed by atoms with Crippen LogP contribution in [0.2, 0.25) is 0 Å². The molecule has 0 bridgehead atoms. The first-order valence-corrected chi connectivity index (χ1v) is 10.3. The van der Waals surface area contributed by atoms with E-state index >= 15 is 0 Å². The number of benzene rings is 1. The van der Waals surface area contributed by atoms with Crippen LogP contribution in [-0.2, 0) is 10.2 Å². The summed E-state index contributed by atoms with van der Waals surface area (Å²) in [5.41, 5.74) is 0.334. The standard InChI is InChI=1S/C15H20O2S3/c1-18-11-8-10(9-12(19-2)13(11)20-3)15(14(16)17)6-4-5-7-15/h8-9H,4-7H2,1-3H3,(H,16,17). The van der Waals surface area contributed by atoms with Crippen molar-refractivity contribution >= 4 is 41.3 Å². The summed E-state index contributed by atoms with van der Waals surface area (Å²) in [6, 6.07) is 4.21. The number of rotatable bonds is 5. The Labute approximate surface area is 133 Å². The minimum Gasteiger partial charge on any atom is -0.481 e. The number of carbonyl (C=O) groups is 1. The van der Waals surface area contributed by atoms with Gasteiger partial charge in [-0.15, -0.1) is 35.3 Å². The maximum absolute atomic E-state index is 11.9. The molecule has 0 atom stereocenters. The maximum Gasteiger partial charge on any atom is 0.314 e. The summed E-state index contributed by atoms with van der Waals surface area (Å²) in [7, 11) is 0. The minimum atomic E-state index is -0.661. The molecule has 2 nitrogen and oxygen atoms in total. The molecular weight excluding hydrogens is 308 g/mol. The van der Waals surface area contributed by atoms with E-state index in [-0.39, 0.29) is 0 Å². The van der Waals surface area contributed by atoms with E-state index in [0.29, 0.717) is 0 Å². The molecule has 5 heteroatoms. The monoisotopic (exact) mass is 328 g/mol. The summed E-state index contributed by atoms with van der Waals surface area (Å²) in [6.45, 7) is 0. The predicted molar refractivity (Wildman–Crippen MR) is 89.6 cm³/mol. The van der Waals surface area contributed by atoms with Crippen LogP contribution in [0.1, 0.15) is 31.2 Å². The first kappa shape index (κ1) is 16.1. The van der Waals surface area contributed by atoms with E-state index in [2.05, 4.69) is 30.9 Å². The number of carboxylic acid groups (broad SMARTS) is 1. The lowest BCUT2D eigenvalue weighted by Crippen LogP contribution is -2.32. The van der Waals surface area contributed by atoms with Crippen LogP contribution in [0.4, 0.5) is 0 Å². The average Bonchev–Trinajstić information content (AvgIpc) is 2.96. The summed E-state index contributed by atoms with van der Waals surface area (Å²) < 4.78 is 0. The second kappa shape index (κ2) is 6.67. The van der Waals surface area contributed by atoms with E-state index in [1.54, 1.807) is 35.3 Å². The van der Waals surface area contributed by atoms with Gasteiger partial charge in [0.1, 0.15) is 0 Å². The molecule has 1 fully saturated rings. The van der Waals surface area contributed by atoms with Crippen molar-refractivity contribution in [2.24, 2.45) is 0 Å². The number of thioether (sulfide) groups is 3. The van der Waals surface area contributed by atoms with Crippen LogP contribution < -0.4 is 0 Å². The number of hydrogen-bond donors (Lipinski definition) is 1. The van der Waals surface area contributed by atoms with Crippen molar-refractivity contribution < 1.29 is 9.90 Å². The van der Waals surface area contributed by atoms with Crippen molar-refractivity contribution in [2.75, 3.05) is 18.8 Å². The van der Waals surface area contributed by atoms with E-state index in [1.165, 1.54) is 14.7 Å². The molecule has 1 aliphatic carbocycles. The fourth-order valence-corrected chi connectivity index (χ4v) is 5.63. The lowest BCUT2D eigenvalue weighted by molar-refractivity contribution is -0.143. The summed E-state index contributed by atoms with van der Waals surface area (Å²) in [6.07, 6.45) is 9.76. The van der Waals surface area contributed by atoms with Gasteiger partial charge in [-0.2, -0.15) is 0 Å². The summed E-state index contributed by atoms with van der Waals surface area (Å²) in [4.78, 5) is 15.5. The molecule has 0 spiro atoms. The van der Waals surface area contributed by atoms with Crippen molar-refractivity contribution in [2.45, 2.75) is 45.8 Å². The van der Waals surface area contributed by atoms with Gasteiger partial charge in [-0.25, -0.2) is 0 Å². The van der Waals surface area contributed by atoms with Crippen LogP contribution in [0.25, 0.3) is 0 Å². The first-order valence-electron chi connectivity index (χ1n) is 6.63. The molecule has 20 heavy (non-hydrogen) atoms. The molecule has 1 aromatic carbocycles. The highest BCUT2D eigenvalue weighted by atomic mass is 32.2. The Morgan fingerprint density at radius 3 is 1.90 bits per heavy atom. The Bertz CT molecular complexity index is 483. The molecule has 2 rings (SSSR count). The van der Waals surface area contributed by atoms with Gasteiger partial charge >= 0.3 is 5.97 Å². The second-order valence-electron chi connectivity index (χ2n) is 5.01. The molecule has 1 saturated carbocycles. The molecule has 0 aliphatic heterocycles. The maximum atomic E-state index is 11.9. The quantitative estimate of drug-likeness (QED) is 0.790. The fraction of sp³-hybridized carbons (Fsp3) is 0.533. The van der Waals surface area contributed by atoms with Crippen molar-refractivity contribution in [3.05, 3.63) is 17.7 Å². The number of carboxylic acids is 1. The van der Waals surface area contributed by atoms with Crippen molar-refractivity contribution in [3.63, 3.8) is 0 Å². The van der Waals surface area contributed by atoms with Gasteiger partial charge < -0.3 is 5.11 Å². The van der Waals surface area contributed by atoms with Crippen LogP contribution in [-0.4, -0.2) is 29.8 Å². The zero-order valence-electron chi connectivity index (χ0n) is 12.1. The van der Waals surface area contributed by atoms with Gasteiger partial charge in [0.2, 0.25) is 0 Å². The van der Waals surface area contributed by atoms with Gasteiger partial charge in [0.25, 0.3) is 0 Å². The third-order valence-corrected chi connectivity index (χ3v) is 6.71. The van der Waals surface area contributed by atoms with Gasteiger partial charge in [-0.3, -0.25) is 4.79 Å². The minimum absolute atomic E-state index is 0.661. The van der Waals surface area contributed by atoms with Gasteiger partial charge in [-0.1, -0.05) is 12.8 Å². The SMILES string of the molecule is CSc1cc(C2(C(=O)O)CCCC2)cc(SC)c1SC. The third kappa shape index (κ3) is 2.72. The summed E-state index contributed by atoms with van der Waals surface area (Å²) in [5, 5.41) is 9.75. The Morgan fingerprint density at radius 2 is 1.55 bits per heavy atom. The molecule has 0 heterocycles. The van der Waals surface area contributed by atoms with Crippen LogP contribution in [0.3, 0.4) is 0 Å². The first-order chi connectivity index (χ1) is 9.58. The molecule has 0 saturated heterocycles. The topological polar surface area (TPSA) is 37.3 Å². The second-order valence-corrected chi connectivity index (χ2v) is 7.52. The van der Waals surface area contributed by atoms with E-state index in [9.17, 15) is 9.90 Å². The highest BCUT2D eigenvalue weighted by molar-refractivity contribution is 8.03. The normalized spacial score (nSPS) is 17.4. The van der Waals surface area contributed by atoms with Crippen LogP contribution in [0, 0.1) is 0 Å². The molecule has 0 aromatic heterocycles. The van der Waals surface area contributed by atoms with E-state index in [0.717, 1.165) is 31.2 Å².